The lowest BCUT2D eigenvalue weighted by Gasteiger charge is -2.16. The highest BCUT2D eigenvalue weighted by molar-refractivity contribution is 6.30. The van der Waals surface area contributed by atoms with E-state index in [4.69, 9.17) is 16.3 Å². The van der Waals surface area contributed by atoms with Crippen LogP contribution in [0.25, 0.3) is 11.3 Å². The number of ether oxygens (including phenoxy) is 1. The lowest BCUT2D eigenvalue weighted by atomic mass is 10.1. The van der Waals surface area contributed by atoms with Gasteiger partial charge in [-0.05, 0) is 55.8 Å². The summed E-state index contributed by atoms with van der Waals surface area (Å²) in [5, 5.41) is 6.84. The van der Waals surface area contributed by atoms with Crippen LogP contribution < -0.4 is 15.6 Å². The Morgan fingerprint density at radius 3 is 2.69 bits per heavy atom. The monoisotopic (exact) mass is 415 g/mol. The van der Waals surface area contributed by atoms with Crippen molar-refractivity contribution in [3.8, 4) is 17.0 Å². The van der Waals surface area contributed by atoms with Crippen molar-refractivity contribution in [2.75, 3.05) is 12.4 Å². The van der Waals surface area contributed by atoms with E-state index in [9.17, 15) is 14.0 Å². The van der Waals surface area contributed by atoms with Gasteiger partial charge in [-0.2, -0.15) is 5.10 Å². The zero-order chi connectivity index (χ0) is 21.1. The molecule has 1 amide bonds. The number of nitrogens with one attached hydrogen (secondary N) is 1. The number of benzene rings is 2. The molecule has 2 aromatic carbocycles. The molecule has 0 spiro atoms. The molecule has 6 nitrogen and oxygen atoms in total. The van der Waals surface area contributed by atoms with Gasteiger partial charge in [0.25, 0.3) is 5.56 Å². The number of anilines is 1. The van der Waals surface area contributed by atoms with Crippen LogP contribution in [0.3, 0.4) is 0 Å². The molecule has 3 aromatic rings. The lowest BCUT2D eigenvalue weighted by molar-refractivity contribution is -0.119. The molecular formula is C21H19ClFN3O3. The topological polar surface area (TPSA) is 73.2 Å². The Balaban J connectivity index is 1.95. The van der Waals surface area contributed by atoms with Crippen molar-refractivity contribution in [2.24, 2.45) is 0 Å². The second kappa shape index (κ2) is 8.45. The number of halogens is 2. The number of hydrogen-bond donors (Lipinski definition) is 1. The molecule has 0 saturated carbocycles. The molecule has 0 aliphatic carbocycles. The SMILES string of the molecule is COc1cccc(-c2cc(Cl)c(=O)n(C(C)C(=O)Nc3cc(C)cc(F)c3)n2)c1. The van der Waals surface area contributed by atoms with Gasteiger partial charge in [-0.3, -0.25) is 9.59 Å². The van der Waals surface area contributed by atoms with E-state index in [1.807, 2.05) is 0 Å². The van der Waals surface area contributed by atoms with Crippen molar-refractivity contribution in [1.29, 1.82) is 0 Å². The van der Waals surface area contributed by atoms with Crippen LogP contribution in [0.2, 0.25) is 5.02 Å². The van der Waals surface area contributed by atoms with Crippen molar-refractivity contribution >= 4 is 23.2 Å². The van der Waals surface area contributed by atoms with Crippen LogP contribution in [0.4, 0.5) is 10.1 Å². The Hall–Kier alpha value is -3.19. The summed E-state index contributed by atoms with van der Waals surface area (Å²) in [6.45, 7) is 3.23. The summed E-state index contributed by atoms with van der Waals surface area (Å²) in [6.07, 6.45) is 0. The largest absolute Gasteiger partial charge is 0.497 e. The number of rotatable bonds is 5. The highest BCUT2D eigenvalue weighted by Crippen LogP contribution is 2.24. The van der Waals surface area contributed by atoms with Gasteiger partial charge in [-0.1, -0.05) is 23.7 Å². The van der Waals surface area contributed by atoms with E-state index in [-0.39, 0.29) is 5.02 Å². The second-order valence-electron chi connectivity index (χ2n) is 6.54. The molecule has 1 atom stereocenters. The molecule has 3 rings (SSSR count). The standard InChI is InChI=1S/C21H19ClFN3O3/c1-12-7-15(23)10-16(8-12)24-20(27)13(2)26-21(28)18(22)11-19(25-26)14-5-4-6-17(9-14)29-3/h4-11,13H,1-3H3,(H,24,27). The molecule has 0 radical (unpaired) electrons. The van der Waals surface area contributed by atoms with Crippen molar-refractivity contribution in [3.63, 3.8) is 0 Å². The van der Waals surface area contributed by atoms with Gasteiger partial charge < -0.3 is 10.1 Å². The first kappa shape index (κ1) is 20.5. The van der Waals surface area contributed by atoms with Gasteiger partial charge in [0.05, 0.1) is 12.8 Å². The molecule has 1 N–H and O–H groups in total. The van der Waals surface area contributed by atoms with Gasteiger partial charge in [-0.15, -0.1) is 0 Å². The molecule has 0 aliphatic heterocycles. The molecule has 0 saturated heterocycles. The molecule has 8 heteroatoms. The highest BCUT2D eigenvalue weighted by Gasteiger charge is 2.20. The number of carbonyl (C=O) groups is 1. The molecule has 0 bridgehead atoms. The van der Waals surface area contributed by atoms with E-state index in [0.717, 1.165) is 4.68 Å². The van der Waals surface area contributed by atoms with Crippen molar-refractivity contribution in [1.82, 2.24) is 9.78 Å². The molecule has 0 fully saturated rings. The number of carbonyl (C=O) groups excluding carboxylic acids is 1. The van der Waals surface area contributed by atoms with Gasteiger partial charge in [0.15, 0.2) is 0 Å². The number of nitrogens with zero attached hydrogens (tertiary/aromatic N) is 2. The van der Waals surface area contributed by atoms with Gasteiger partial charge >= 0.3 is 0 Å². The maximum absolute atomic E-state index is 13.6. The summed E-state index contributed by atoms with van der Waals surface area (Å²) >= 11 is 6.11. The third-order valence-corrected chi connectivity index (χ3v) is 4.58. The Morgan fingerprint density at radius 2 is 2.00 bits per heavy atom. The molecule has 1 unspecified atom stereocenters. The number of amides is 1. The van der Waals surface area contributed by atoms with E-state index in [1.54, 1.807) is 44.4 Å². The quantitative estimate of drug-likeness (QED) is 0.677. The first-order chi connectivity index (χ1) is 13.8. The number of aryl methyl sites for hydroxylation is 1. The van der Waals surface area contributed by atoms with Gasteiger partial charge in [-0.25, -0.2) is 9.07 Å². The van der Waals surface area contributed by atoms with Crippen molar-refractivity contribution in [2.45, 2.75) is 19.9 Å². The van der Waals surface area contributed by atoms with Crippen LogP contribution in [0.15, 0.2) is 53.3 Å². The molecule has 29 heavy (non-hydrogen) atoms. The maximum atomic E-state index is 13.6. The first-order valence-corrected chi connectivity index (χ1v) is 9.18. The third kappa shape index (κ3) is 4.63. The first-order valence-electron chi connectivity index (χ1n) is 8.80. The number of methoxy groups -OCH3 is 1. The Bertz CT molecular complexity index is 1110. The molecule has 1 aromatic heterocycles. The van der Waals surface area contributed by atoms with Crippen LogP contribution in [-0.4, -0.2) is 22.8 Å². The second-order valence-corrected chi connectivity index (χ2v) is 6.95. The minimum atomic E-state index is -0.978. The normalized spacial score (nSPS) is 11.8. The average molecular weight is 416 g/mol. The van der Waals surface area contributed by atoms with Crippen LogP contribution in [0.5, 0.6) is 5.75 Å². The minimum absolute atomic E-state index is 0.0703. The maximum Gasteiger partial charge on any atom is 0.286 e. The minimum Gasteiger partial charge on any atom is -0.497 e. The Morgan fingerprint density at radius 1 is 1.24 bits per heavy atom. The smallest absolute Gasteiger partial charge is 0.286 e. The van der Waals surface area contributed by atoms with Gasteiger partial charge in [0.1, 0.15) is 22.6 Å². The fraction of sp³-hybridized carbons (Fsp3) is 0.190. The predicted molar refractivity (Wildman–Crippen MR) is 110 cm³/mol. The highest BCUT2D eigenvalue weighted by atomic mass is 35.5. The molecule has 0 aliphatic rings. The molecular weight excluding hydrogens is 397 g/mol. The Labute approximate surface area is 171 Å². The predicted octanol–water partition coefficient (Wildman–Crippen LogP) is 4.22. The summed E-state index contributed by atoms with van der Waals surface area (Å²) < 4.78 is 19.8. The van der Waals surface area contributed by atoms with E-state index in [1.165, 1.54) is 25.1 Å². The molecule has 1 heterocycles. The number of aromatic nitrogens is 2. The zero-order valence-corrected chi connectivity index (χ0v) is 16.8. The summed E-state index contributed by atoms with van der Waals surface area (Å²) in [6, 6.07) is 11.7. The third-order valence-electron chi connectivity index (χ3n) is 4.31. The van der Waals surface area contributed by atoms with Crippen molar-refractivity contribution in [3.05, 3.63) is 75.3 Å². The van der Waals surface area contributed by atoms with E-state index < -0.39 is 23.3 Å². The van der Waals surface area contributed by atoms with E-state index in [0.29, 0.717) is 28.3 Å². The van der Waals surface area contributed by atoms with Crippen LogP contribution in [0.1, 0.15) is 18.5 Å². The van der Waals surface area contributed by atoms with Crippen LogP contribution in [-0.2, 0) is 4.79 Å². The van der Waals surface area contributed by atoms with E-state index >= 15 is 0 Å². The summed E-state index contributed by atoms with van der Waals surface area (Å²) in [4.78, 5) is 25.1. The Kier molecular flexibility index (Phi) is 5.98. The van der Waals surface area contributed by atoms with Crippen LogP contribution in [0, 0.1) is 12.7 Å². The summed E-state index contributed by atoms with van der Waals surface area (Å²) in [7, 11) is 1.54. The van der Waals surface area contributed by atoms with Crippen LogP contribution >= 0.6 is 11.6 Å². The summed E-state index contributed by atoms with van der Waals surface area (Å²) in [5.41, 5.74) is 1.44. The van der Waals surface area contributed by atoms with Gasteiger partial charge in [0.2, 0.25) is 5.91 Å². The number of hydrogen-bond acceptors (Lipinski definition) is 4. The average Bonchev–Trinajstić information content (AvgIpc) is 2.68. The van der Waals surface area contributed by atoms with Gasteiger partial charge in [0, 0.05) is 11.3 Å². The summed E-state index contributed by atoms with van der Waals surface area (Å²) in [5.74, 6) is -0.375. The van der Waals surface area contributed by atoms with E-state index in [2.05, 4.69) is 10.4 Å². The lowest BCUT2D eigenvalue weighted by Crippen LogP contribution is -2.34. The zero-order valence-electron chi connectivity index (χ0n) is 16.1. The fourth-order valence-corrected chi connectivity index (χ4v) is 3.02. The van der Waals surface area contributed by atoms with Crippen molar-refractivity contribution < 1.29 is 13.9 Å². The fourth-order valence-electron chi connectivity index (χ4n) is 2.83. The molecule has 150 valence electrons.